The molecule has 18 heavy (non-hydrogen) atoms. The molecule has 0 rings (SSSR count). The smallest absolute Gasteiger partial charge is 0.000695 e. The van der Waals surface area contributed by atoms with Crippen molar-refractivity contribution < 1.29 is 0 Å². The van der Waals surface area contributed by atoms with Crippen LogP contribution in [-0.4, -0.2) is 57.3 Å². The lowest BCUT2D eigenvalue weighted by Crippen LogP contribution is -2.25. The summed E-state index contributed by atoms with van der Waals surface area (Å²) in [5.41, 5.74) is 15.9. The highest BCUT2D eigenvalue weighted by Gasteiger charge is 1.94. The molecule has 7 N–H and O–H groups in total. The minimum Gasteiger partial charge on any atom is -0.330 e. The van der Waals surface area contributed by atoms with Gasteiger partial charge in [0.25, 0.3) is 0 Å². The van der Waals surface area contributed by atoms with Crippen molar-refractivity contribution in [3.63, 3.8) is 0 Å². The summed E-state index contributed by atoms with van der Waals surface area (Å²) in [4.78, 5) is 2.38. The standard InChI is InChI=1S/C7H18N2.C6H17N3/c1-3-9(4-2)7-5-6-8;7-3-1-5-9-6-2-4-8/h3-8H2,1-2H3;9H,1-8H2. The topological polar surface area (TPSA) is 93.3 Å². The van der Waals surface area contributed by atoms with E-state index in [0.717, 1.165) is 71.6 Å². The molecule has 5 heteroatoms. The molecule has 0 aromatic heterocycles. The predicted octanol–water partition coefficient (Wildman–Crippen LogP) is -0.0494. The van der Waals surface area contributed by atoms with Gasteiger partial charge in [-0.1, -0.05) is 13.8 Å². The summed E-state index contributed by atoms with van der Waals surface area (Å²) in [5.74, 6) is 0. The molecule has 0 aromatic carbocycles. The van der Waals surface area contributed by atoms with Crippen molar-refractivity contribution in [1.29, 1.82) is 0 Å². The van der Waals surface area contributed by atoms with Gasteiger partial charge in [-0.2, -0.15) is 0 Å². The average Bonchev–Trinajstić information content (AvgIpc) is 2.41. The molecule has 0 atom stereocenters. The maximum atomic E-state index is 5.36. The second-order valence-corrected chi connectivity index (χ2v) is 4.20. The second-order valence-electron chi connectivity index (χ2n) is 4.20. The molecule has 0 heterocycles. The van der Waals surface area contributed by atoms with Gasteiger partial charge in [0.2, 0.25) is 0 Å². The number of nitrogens with one attached hydrogen (secondary N) is 1. The van der Waals surface area contributed by atoms with Crippen LogP contribution in [0.1, 0.15) is 33.1 Å². The van der Waals surface area contributed by atoms with Crippen LogP contribution in [0, 0.1) is 0 Å². The highest BCUT2D eigenvalue weighted by Crippen LogP contribution is 1.87. The van der Waals surface area contributed by atoms with E-state index in [9.17, 15) is 0 Å². The second kappa shape index (κ2) is 19.1. The Morgan fingerprint density at radius 3 is 1.56 bits per heavy atom. The van der Waals surface area contributed by atoms with E-state index >= 15 is 0 Å². The Hall–Kier alpha value is -0.200. The number of hydrogen-bond acceptors (Lipinski definition) is 5. The van der Waals surface area contributed by atoms with Crippen LogP contribution in [0.15, 0.2) is 0 Å². The van der Waals surface area contributed by atoms with Gasteiger partial charge < -0.3 is 27.4 Å². The van der Waals surface area contributed by atoms with Gasteiger partial charge in [0.05, 0.1) is 0 Å². The van der Waals surface area contributed by atoms with E-state index in [0.29, 0.717) is 0 Å². The lowest BCUT2D eigenvalue weighted by molar-refractivity contribution is 0.302. The summed E-state index contributed by atoms with van der Waals surface area (Å²) >= 11 is 0. The number of rotatable bonds is 11. The summed E-state index contributed by atoms with van der Waals surface area (Å²) in [5, 5.41) is 3.23. The SMILES string of the molecule is CCN(CC)CCCN.NCCCNCCCN. The van der Waals surface area contributed by atoms with Gasteiger partial charge in [-0.15, -0.1) is 0 Å². The molecule has 0 unspecified atom stereocenters. The monoisotopic (exact) mass is 261 g/mol. The van der Waals surface area contributed by atoms with Crippen molar-refractivity contribution in [2.24, 2.45) is 17.2 Å². The first-order valence-corrected chi connectivity index (χ1v) is 7.29. The minimum atomic E-state index is 0.773. The number of nitrogens with two attached hydrogens (primary N) is 3. The first-order chi connectivity index (χ1) is 8.76. The van der Waals surface area contributed by atoms with Crippen LogP contribution in [0.3, 0.4) is 0 Å². The van der Waals surface area contributed by atoms with Crippen LogP contribution in [-0.2, 0) is 0 Å². The first kappa shape index (κ1) is 20.1. The normalized spacial score (nSPS) is 10.3. The average molecular weight is 261 g/mol. The molecule has 0 bridgehead atoms. The molecule has 0 amide bonds. The Balaban J connectivity index is 0. The molecule has 0 saturated heterocycles. The van der Waals surface area contributed by atoms with Crippen molar-refractivity contribution in [2.45, 2.75) is 33.1 Å². The van der Waals surface area contributed by atoms with E-state index < -0.39 is 0 Å². The van der Waals surface area contributed by atoms with Crippen molar-refractivity contribution >= 4 is 0 Å². The molecule has 112 valence electrons. The molecular weight excluding hydrogens is 226 g/mol. The summed E-state index contributed by atoms with van der Waals surface area (Å²) in [6.45, 7) is 12.2. The van der Waals surface area contributed by atoms with Crippen molar-refractivity contribution in [1.82, 2.24) is 10.2 Å². The predicted molar refractivity (Wildman–Crippen MR) is 81.7 cm³/mol. The zero-order valence-corrected chi connectivity index (χ0v) is 12.5. The fourth-order valence-corrected chi connectivity index (χ4v) is 1.43. The van der Waals surface area contributed by atoms with Crippen molar-refractivity contribution in [2.75, 3.05) is 52.4 Å². The fourth-order valence-electron chi connectivity index (χ4n) is 1.43. The lowest BCUT2D eigenvalue weighted by Gasteiger charge is -2.16. The Morgan fingerprint density at radius 2 is 1.22 bits per heavy atom. The molecule has 0 aliphatic carbocycles. The number of nitrogens with zero attached hydrogens (tertiary/aromatic N) is 1. The van der Waals surface area contributed by atoms with E-state index in [2.05, 4.69) is 24.1 Å². The van der Waals surface area contributed by atoms with E-state index in [-0.39, 0.29) is 0 Å². The molecule has 0 aliphatic heterocycles. The van der Waals surface area contributed by atoms with Crippen molar-refractivity contribution in [3.05, 3.63) is 0 Å². The zero-order chi connectivity index (χ0) is 14.1. The maximum Gasteiger partial charge on any atom is -0.000695 e. The van der Waals surface area contributed by atoms with Gasteiger partial charge in [-0.3, -0.25) is 0 Å². The van der Waals surface area contributed by atoms with Crippen LogP contribution in [0.25, 0.3) is 0 Å². The number of hydrogen-bond donors (Lipinski definition) is 4. The van der Waals surface area contributed by atoms with Crippen LogP contribution >= 0.6 is 0 Å². The summed E-state index contributed by atoms with van der Waals surface area (Å²) < 4.78 is 0. The van der Waals surface area contributed by atoms with E-state index in [1.54, 1.807) is 0 Å². The van der Waals surface area contributed by atoms with Crippen molar-refractivity contribution in [3.8, 4) is 0 Å². The molecule has 0 aliphatic rings. The maximum absolute atomic E-state index is 5.36. The molecule has 0 aromatic rings. The summed E-state index contributed by atoms with van der Waals surface area (Å²) in [6.07, 6.45) is 3.25. The van der Waals surface area contributed by atoms with Crippen LogP contribution in [0.2, 0.25) is 0 Å². The van der Waals surface area contributed by atoms with E-state index in [1.165, 1.54) is 0 Å². The highest BCUT2D eigenvalue weighted by molar-refractivity contribution is 4.51. The van der Waals surface area contributed by atoms with Gasteiger partial charge in [0.1, 0.15) is 0 Å². The third kappa shape index (κ3) is 18.2. The zero-order valence-electron chi connectivity index (χ0n) is 12.5. The van der Waals surface area contributed by atoms with Gasteiger partial charge in [0.15, 0.2) is 0 Å². The molecular formula is C13H35N5. The molecule has 0 spiro atoms. The van der Waals surface area contributed by atoms with Gasteiger partial charge in [0, 0.05) is 0 Å². The quantitative estimate of drug-likeness (QED) is 0.391. The van der Waals surface area contributed by atoms with E-state index in [1.807, 2.05) is 0 Å². The Bertz CT molecular complexity index is 123. The fraction of sp³-hybridized carbons (Fsp3) is 1.00. The molecule has 0 radical (unpaired) electrons. The third-order valence-corrected chi connectivity index (χ3v) is 2.69. The lowest BCUT2D eigenvalue weighted by atomic mass is 10.4. The summed E-state index contributed by atoms with van der Waals surface area (Å²) in [7, 11) is 0. The van der Waals surface area contributed by atoms with Gasteiger partial charge >= 0.3 is 0 Å². The summed E-state index contributed by atoms with van der Waals surface area (Å²) in [6, 6.07) is 0. The Kier molecular flexibility index (Phi) is 21.4. The Labute approximate surface area is 113 Å². The third-order valence-electron chi connectivity index (χ3n) is 2.69. The highest BCUT2D eigenvalue weighted by atomic mass is 15.1. The molecule has 0 saturated carbocycles. The van der Waals surface area contributed by atoms with Crippen LogP contribution in [0.5, 0.6) is 0 Å². The van der Waals surface area contributed by atoms with Crippen LogP contribution in [0.4, 0.5) is 0 Å². The minimum absolute atomic E-state index is 0.773. The molecule has 5 nitrogen and oxygen atoms in total. The largest absolute Gasteiger partial charge is 0.330 e. The van der Waals surface area contributed by atoms with Crippen LogP contribution < -0.4 is 22.5 Å². The van der Waals surface area contributed by atoms with E-state index in [4.69, 9.17) is 17.2 Å². The Morgan fingerprint density at radius 1 is 0.778 bits per heavy atom. The molecule has 0 fully saturated rings. The van der Waals surface area contributed by atoms with Gasteiger partial charge in [-0.05, 0) is 71.6 Å². The van der Waals surface area contributed by atoms with Gasteiger partial charge in [-0.25, -0.2) is 0 Å². The first-order valence-electron chi connectivity index (χ1n) is 7.29.